The van der Waals surface area contributed by atoms with Gasteiger partial charge in [0.2, 0.25) is 0 Å². The van der Waals surface area contributed by atoms with E-state index in [0.717, 1.165) is 13.1 Å². The van der Waals surface area contributed by atoms with Crippen molar-refractivity contribution < 1.29 is 0 Å². The van der Waals surface area contributed by atoms with Crippen LogP contribution in [0.15, 0.2) is 42.5 Å². The Morgan fingerprint density at radius 1 is 1.12 bits per heavy atom. The molecule has 1 atom stereocenters. The van der Waals surface area contributed by atoms with Gasteiger partial charge < -0.3 is 4.90 Å². The van der Waals surface area contributed by atoms with Crippen molar-refractivity contribution in [2.45, 2.75) is 0 Å². The number of benzene rings is 2. The average Bonchev–Trinajstić information content (AvgIpc) is 2.35. The molecule has 0 heterocycles. The van der Waals surface area contributed by atoms with Crippen molar-refractivity contribution in [3.8, 4) is 0 Å². The summed E-state index contributed by atoms with van der Waals surface area (Å²) in [5.41, 5.74) is 1.29. The van der Waals surface area contributed by atoms with Crippen LogP contribution in [0.5, 0.6) is 0 Å². The van der Waals surface area contributed by atoms with Crippen LogP contribution in [0, 0.1) is 0 Å². The molecule has 2 aromatic rings. The van der Waals surface area contributed by atoms with Crippen LogP contribution >= 0.6 is 9.39 Å². The summed E-state index contributed by atoms with van der Waals surface area (Å²) in [5, 5.41) is 5.70. The van der Waals surface area contributed by atoms with Gasteiger partial charge in [0.05, 0.1) is 0 Å². The highest BCUT2D eigenvalue weighted by Gasteiger charge is 2.04. The van der Waals surface area contributed by atoms with E-state index in [0.29, 0.717) is 0 Å². The van der Waals surface area contributed by atoms with Crippen molar-refractivity contribution in [3.05, 3.63) is 42.5 Å². The van der Waals surface area contributed by atoms with Gasteiger partial charge in [-0.3, -0.25) is 5.09 Å². The maximum atomic E-state index is 3.09. The molecule has 0 aromatic heterocycles. The molecule has 0 spiro atoms. The molecule has 0 amide bonds. The van der Waals surface area contributed by atoms with E-state index in [2.05, 4.69) is 68.9 Å². The van der Waals surface area contributed by atoms with Crippen molar-refractivity contribution in [1.29, 1.82) is 0 Å². The third-order valence-electron chi connectivity index (χ3n) is 2.77. The van der Waals surface area contributed by atoms with Crippen LogP contribution in [0.25, 0.3) is 10.8 Å². The fourth-order valence-corrected chi connectivity index (χ4v) is 2.02. The number of fused-ring (bicyclic) bond motifs is 1. The lowest BCUT2D eigenvalue weighted by atomic mass is 10.1. The van der Waals surface area contributed by atoms with E-state index >= 15 is 0 Å². The molecule has 3 heteroatoms. The predicted molar refractivity (Wildman–Crippen MR) is 74.9 cm³/mol. The van der Waals surface area contributed by atoms with E-state index in [1.165, 1.54) is 16.5 Å². The third-order valence-corrected chi connectivity index (χ3v) is 3.06. The second kappa shape index (κ2) is 5.29. The van der Waals surface area contributed by atoms with Crippen molar-refractivity contribution in [2.75, 3.05) is 25.0 Å². The van der Waals surface area contributed by atoms with Gasteiger partial charge in [-0.25, -0.2) is 0 Å². The second-order valence-electron chi connectivity index (χ2n) is 3.87. The number of nitrogens with zero attached hydrogens (tertiary/aromatic N) is 1. The molecular weight excluding hydrogens is 215 g/mol. The van der Waals surface area contributed by atoms with E-state index in [9.17, 15) is 0 Å². The first-order valence-corrected chi connectivity index (χ1v) is 6.03. The fourth-order valence-electron chi connectivity index (χ4n) is 1.89. The zero-order chi connectivity index (χ0) is 11.4. The largest absolute Gasteiger partial charge is 0.373 e. The predicted octanol–water partition coefficient (Wildman–Crippen LogP) is 2.66. The Morgan fingerprint density at radius 2 is 1.88 bits per heavy atom. The summed E-state index contributed by atoms with van der Waals surface area (Å²) in [6.07, 6.45) is 0. The Labute approximate surface area is 98.9 Å². The number of nitrogens with one attached hydrogen (secondary N) is 1. The van der Waals surface area contributed by atoms with Crippen LogP contribution in [0.4, 0.5) is 5.69 Å². The van der Waals surface area contributed by atoms with Crippen molar-refractivity contribution in [3.63, 3.8) is 0 Å². The lowest BCUT2D eigenvalue weighted by Gasteiger charge is -2.20. The lowest BCUT2D eigenvalue weighted by molar-refractivity contribution is 0.853. The van der Waals surface area contributed by atoms with Gasteiger partial charge in [-0.15, -0.1) is 0 Å². The fraction of sp³-hybridized carbons (Fsp3) is 0.231. The molecule has 0 aliphatic heterocycles. The number of likely N-dealkylation sites (N-methyl/N-ethyl adjacent to an activating group) is 1. The molecule has 2 rings (SSSR count). The normalized spacial score (nSPS) is 10.6. The maximum Gasteiger partial charge on any atom is 0.0443 e. The van der Waals surface area contributed by atoms with Gasteiger partial charge in [0, 0.05) is 31.2 Å². The minimum atomic E-state index is 0.963. The summed E-state index contributed by atoms with van der Waals surface area (Å²) in [7, 11) is 4.66. The van der Waals surface area contributed by atoms with Crippen LogP contribution in [-0.2, 0) is 0 Å². The van der Waals surface area contributed by atoms with E-state index in [4.69, 9.17) is 0 Å². The van der Waals surface area contributed by atoms with E-state index in [1.807, 2.05) is 0 Å². The molecule has 1 unspecified atom stereocenters. The Morgan fingerprint density at radius 3 is 2.69 bits per heavy atom. The zero-order valence-electron chi connectivity index (χ0n) is 9.48. The van der Waals surface area contributed by atoms with Gasteiger partial charge in [-0.05, 0) is 11.5 Å². The van der Waals surface area contributed by atoms with Gasteiger partial charge in [0.25, 0.3) is 0 Å². The molecule has 16 heavy (non-hydrogen) atoms. The highest BCUT2D eigenvalue weighted by Crippen LogP contribution is 2.25. The smallest absolute Gasteiger partial charge is 0.0443 e. The summed E-state index contributed by atoms with van der Waals surface area (Å²) < 4.78 is 0. The minimum absolute atomic E-state index is 0.963. The summed E-state index contributed by atoms with van der Waals surface area (Å²) >= 11 is 0. The minimum Gasteiger partial charge on any atom is -0.373 e. The molecular formula is C13H17N2P. The number of rotatable bonds is 4. The average molecular weight is 232 g/mol. The molecule has 1 N–H and O–H groups in total. The molecule has 0 aliphatic rings. The van der Waals surface area contributed by atoms with Gasteiger partial charge in [0.15, 0.2) is 0 Å². The summed E-state index contributed by atoms with van der Waals surface area (Å²) in [5.74, 6) is 0. The SMILES string of the molecule is CN(CCNP)c1cccc2ccccc12. The van der Waals surface area contributed by atoms with Crippen molar-refractivity contribution >= 4 is 25.9 Å². The lowest BCUT2D eigenvalue weighted by Crippen LogP contribution is -2.25. The van der Waals surface area contributed by atoms with Crippen LogP contribution in [-0.4, -0.2) is 20.1 Å². The number of anilines is 1. The molecule has 0 fully saturated rings. The molecule has 0 saturated carbocycles. The van der Waals surface area contributed by atoms with Crippen molar-refractivity contribution in [1.82, 2.24) is 5.09 Å². The monoisotopic (exact) mass is 232 g/mol. The molecule has 0 bridgehead atoms. The first kappa shape index (κ1) is 11.4. The van der Waals surface area contributed by atoms with Gasteiger partial charge in [-0.2, -0.15) is 0 Å². The standard InChI is InChI=1S/C13H17N2P/c1-15(10-9-14-16)13-8-4-6-11-5-2-3-7-12(11)13/h2-8,14H,9-10,16H2,1H3. The van der Waals surface area contributed by atoms with E-state index in [1.54, 1.807) is 0 Å². The zero-order valence-corrected chi connectivity index (χ0v) is 10.6. The topological polar surface area (TPSA) is 15.3 Å². The quantitative estimate of drug-likeness (QED) is 0.815. The Kier molecular flexibility index (Phi) is 3.76. The van der Waals surface area contributed by atoms with Crippen molar-refractivity contribution in [2.24, 2.45) is 0 Å². The van der Waals surface area contributed by atoms with Gasteiger partial charge in [-0.1, -0.05) is 45.8 Å². The summed E-state index contributed by atoms with van der Waals surface area (Å²) in [4.78, 5) is 2.28. The van der Waals surface area contributed by atoms with Gasteiger partial charge in [0.1, 0.15) is 0 Å². The van der Waals surface area contributed by atoms with Crippen LogP contribution < -0.4 is 9.99 Å². The highest BCUT2D eigenvalue weighted by atomic mass is 31.0. The van der Waals surface area contributed by atoms with Crippen LogP contribution in [0.3, 0.4) is 0 Å². The molecule has 84 valence electrons. The van der Waals surface area contributed by atoms with E-state index < -0.39 is 0 Å². The first-order valence-electron chi connectivity index (χ1n) is 5.45. The van der Waals surface area contributed by atoms with Crippen LogP contribution in [0.1, 0.15) is 0 Å². The summed E-state index contributed by atoms with van der Waals surface area (Å²) in [6.45, 7) is 1.96. The first-order chi connectivity index (χ1) is 7.83. The number of hydrogen-bond acceptors (Lipinski definition) is 2. The number of hydrogen-bond donors (Lipinski definition) is 1. The highest BCUT2D eigenvalue weighted by molar-refractivity contribution is 7.13. The molecule has 2 aromatic carbocycles. The molecule has 2 nitrogen and oxygen atoms in total. The van der Waals surface area contributed by atoms with Crippen LogP contribution in [0.2, 0.25) is 0 Å². The Bertz CT molecular complexity index is 465. The molecule has 0 saturated heterocycles. The second-order valence-corrected chi connectivity index (χ2v) is 4.28. The Balaban J connectivity index is 2.36. The third kappa shape index (κ3) is 2.34. The molecule has 0 radical (unpaired) electrons. The summed E-state index contributed by atoms with van der Waals surface area (Å²) in [6, 6.07) is 14.9. The maximum absolute atomic E-state index is 3.09. The molecule has 0 aliphatic carbocycles. The van der Waals surface area contributed by atoms with Gasteiger partial charge >= 0.3 is 0 Å². The Hall–Kier alpha value is -1.11. The van der Waals surface area contributed by atoms with E-state index in [-0.39, 0.29) is 0 Å².